The minimum atomic E-state index is -0.379. The summed E-state index contributed by atoms with van der Waals surface area (Å²) in [6.07, 6.45) is 0. The Morgan fingerprint density at radius 2 is 1.95 bits per heavy atom. The zero-order valence-electron chi connectivity index (χ0n) is 11.1. The van der Waals surface area contributed by atoms with Crippen LogP contribution in [0.5, 0.6) is 5.75 Å². The molecule has 0 unspecified atom stereocenters. The zero-order valence-corrected chi connectivity index (χ0v) is 13.3. The summed E-state index contributed by atoms with van der Waals surface area (Å²) in [5, 5.41) is 0.612. The van der Waals surface area contributed by atoms with Gasteiger partial charge in [0.15, 0.2) is 0 Å². The van der Waals surface area contributed by atoms with Crippen LogP contribution in [0.4, 0.5) is 4.39 Å². The van der Waals surface area contributed by atoms with Crippen molar-refractivity contribution in [2.45, 2.75) is 0 Å². The normalized spacial score (nSPS) is 10.8. The van der Waals surface area contributed by atoms with Crippen LogP contribution in [0, 0.1) is 9.39 Å². The van der Waals surface area contributed by atoms with E-state index in [9.17, 15) is 9.18 Å². The van der Waals surface area contributed by atoms with Crippen LogP contribution in [0.3, 0.4) is 0 Å². The van der Waals surface area contributed by atoms with Crippen molar-refractivity contribution in [3.8, 4) is 17.0 Å². The molecule has 1 heterocycles. The Kier molecular flexibility index (Phi) is 3.67. The van der Waals surface area contributed by atoms with Gasteiger partial charge in [-0.2, -0.15) is 0 Å². The van der Waals surface area contributed by atoms with Gasteiger partial charge in [0.25, 0.3) is 0 Å². The van der Waals surface area contributed by atoms with E-state index in [0.717, 1.165) is 0 Å². The van der Waals surface area contributed by atoms with E-state index in [0.29, 0.717) is 31.5 Å². The Hall–Kier alpha value is -1.89. The molecular weight excluding hydrogens is 384 g/mol. The number of aromatic amines is 1. The standard InChI is InChI=1S/C16H11FINO2/c1-21-13-7-6-9(17)8-11(13)15-14(18)16(20)10-4-2-3-5-12(10)19-15/h2-8H,1H3,(H,19,20). The van der Waals surface area contributed by atoms with Gasteiger partial charge in [0.2, 0.25) is 5.43 Å². The maximum Gasteiger partial charge on any atom is 0.203 e. The fourth-order valence-corrected chi connectivity index (χ4v) is 2.99. The molecule has 0 saturated heterocycles. The van der Waals surface area contributed by atoms with Crippen molar-refractivity contribution in [2.75, 3.05) is 7.11 Å². The van der Waals surface area contributed by atoms with Crippen LogP contribution in [0.2, 0.25) is 0 Å². The van der Waals surface area contributed by atoms with Gasteiger partial charge < -0.3 is 9.72 Å². The van der Waals surface area contributed by atoms with Crippen molar-refractivity contribution in [3.05, 3.63) is 62.1 Å². The fourth-order valence-electron chi connectivity index (χ4n) is 2.27. The highest BCUT2D eigenvalue weighted by Crippen LogP contribution is 2.32. The second-order valence-corrected chi connectivity index (χ2v) is 5.61. The molecule has 0 aliphatic rings. The maximum absolute atomic E-state index is 13.6. The van der Waals surface area contributed by atoms with Gasteiger partial charge in [0.05, 0.1) is 16.4 Å². The molecule has 0 aliphatic heterocycles. The smallest absolute Gasteiger partial charge is 0.203 e. The number of para-hydroxylation sites is 1. The van der Waals surface area contributed by atoms with Crippen LogP contribution >= 0.6 is 22.6 Å². The number of hydrogen-bond acceptors (Lipinski definition) is 2. The molecule has 21 heavy (non-hydrogen) atoms. The molecule has 106 valence electrons. The number of halogens is 2. The summed E-state index contributed by atoms with van der Waals surface area (Å²) in [5.74, 6) is 0.135. The number of methoxy groups -OCH3 is 1. The largest absolute Gasteiger partial charge is 0.496 e. The minimum absolute atomic E-state index is 0.0775. The fraction of sp³-hybridized carbons (Fsp3) is 0.0625. The summed E-state index contributed by atoms with van der Waals surface area (Å²) in [5.41, 5.74) is 1.73. The van der Waals surface area contributed by atoms with E-state index < -0.39 is 0 Å². The van der Waals surface area contributed by atoms with Gasteiger partial charge >= 0.3 is 0 Å². The molecule has 3 nitrogen and oxygen atoms in total. The molecule has 3 aromatic rings. The van der Waals surface area contributed by atoms with Gasteiger partial charge in [-0.05, 0) is 52.9 Å². The van der Waals surface area contributed by atoms with E-state index in [-0.39, 0.29) is 11.2 Å². The Bertz CT molecular complexity index is 889. The Morgan fingerprint density at radius 1 is 1.19 bits per heavy atom. The number of ether oxygens (including phenoxy) is 1. The average molecular weight is 395 g/mol. The van der Waals surface area contributed by atoms with Crippen LogP contribution < -0.4 is 10.2 Å². The van der Waals surface area contributed by atoms with Gasteiger partial charge in [-0.25, -0.2) is 4.39 Å². The molecular formula is C16H11FINO2. The number of pyridine rings is 1. The van der Waals surface area contributed by atoms with Gasteiger partial charge in [0, 0.05) is 16.5 Å². The molecule has 1 aromatic heterocycles. The second kappa shape index (κ2) is 5.48. The first-order valence-corrected chi connectivity index (χ1v) is 7.34. The molecule has 5 heteroatoms. The lowest BCUT2D eigenvalue weighted by Crippen LogP contribution is -2.10. The van der Waals surface area contributed by atoms with E-state index in [1.165, 1.54) is 19.2 Å². The van der Waals surface area contributed by atoms with Crippen LogP contribution in [0.15, 0.2) is 47.3 Å². The Labute approximate surface area is 133 Å². The summed E-state index contributed by atoms with van der Waals surface area (Å²) in [6.45, 7) is 0. The lowest BCUT2D eigenvalue weighted by molar-refractivity contribution is 0.415. The third-order valence-electron chi connectivity index (χ3n) is 3.28. The van der Waals surface area contributed by atoms with E-state index in [1.54, 1.807) is 12.1 Å². The van der Waals surface area contributed by atoms with E-state index in [2.05, 4.69) is 4.98 Å². The van der Waals surface area contributed by atoms with Crippen molar-refractivity contribution in [1.82, 2.24) is 4.98 Å². The first-order valence-electron chi connectivity index (χ1n) is 6.26. The first-order chi connectivity index (χ1) is 10.1. The quantitative estimate of drug-likeness (QED) is 0.668. The molecule has 3 rings (SSSR count). The van der Waals surface area contributed by atoms with Crippen LogP contribution in [0.25, 0.3) is 22.2 Å². The Balaban J connectivity index is 2.38. The highest BCUT2D eigenvalue weighted by Gasteiger charge is 2.15. The molecule has 0 bridgehead atoms. The van der Waals surface area contributed by atoms with E-state index in [1.807, 2.05) is 40.8 Å². The van der Waals surface area contributed by atoms with Gasteiger partial charge in [0.1, 0.15) is 11.6 Å². The SMILES string of the molecule is COc1ccc(F)cc1-c1[nH]c2ccccc2c(=O)c1I. The van der Waals surface area contributed by atoms with Crippen LogP contribution in [0.1, 0.15) is 0 Å². The predicted octanol–water partition coefficient (Wildman–Crippen LogP) is 3.95. The van der Waals surface area contributed by atoms with Gasteiger partial charge in [-0.1, -0.05) is 12.1 Å². The number of benzene rings is 2. The Morgan fingerprint density at radius 3 is 2.71 bits per heavy atom. The molecule has 0 amide bonds. The van der Waals surface area contributed by atoms with E-state index >= 15 is 0 Å². The third kappa shape index (κ3) is 2.42. The lowest BCUT2D eigenvalue weighted by Gasteiger charge is -2.11. The molecule has 0 spiro atoms. The molecule has 0 saturated carbocycles. The maximum atomic E-state index is 13.6. The van der Waals surface area contributed by atoms with Crippen molar-refractivity contribution in [3.63, 3.8) is 0 Å². The summed E-state index contributed by atoms with van der Waals surface area (Å²) < 4.78 is 19.3. The summed E-state index contributed by atoms with van der Waals surface area (Å²) in [6, 6.07) is 11.5. The summed E-state index contributed by atoms with van der Waals surface area (Å²) >= 11 is 1.98. The number of fused-ring (bicyclic) bond motifs is 1. The van der Waals surface area contributed by atoms with Crippen molar-refractivity contribution >= 4 is 33.5 Å². The van der Waals surface area contributed by atoms with Crippen molar-refractivity contribution in [1.29, 1.82) is 0 Å². The topological polar surface area (TPSA) is 42.1 Å². The molecule has 2 aromatic carbocycles. The van der Waals surface area contributed by atoms with Crippen molar-refractivity contribution in [2.24, 2.45) is 0 Å². The number of rotatable bonds is 2. The highest BCUT2D eigenvalue weighted by molar-refractivity contribution is 14.1. The first kappa shape index (κ1) is 14.1. The summed E-state index contributed by atoms with van der Waals surface area (Å²) in [7, 11) is 1.52. The van der Waals surface area contributed by atoms with Gasteiger partial charge in [-0.3, -0.25) is 4.79 Å². The molecule has 0 aliphatic carbocycles. The van der Waals surface area contributed by atoms with Crippen LogP contribution in [-0.4, -0.2) is 12.1 Å². The van der Waals surface area contributed by atoms with Gasteiger partial charge in [-0.15, -0.1) is 0 Å². The number of hydrogen-bond donors (Lipinski definition) is 1. The summed E-state index contributed by atoms with van der Waals surface area (Å²) in [4.78, 5) is 15.6. The zero-order chi connectivity index (χ0) is 15.0. The second-order valence-electron chi connectivity index (χ2n) is 4.53. The van der Waals surface area contributed by atoms with E-state index in [4.69, 9.17) is 4.74 Å². The molecule has 0 atom stereocenters. The number of nitrogens with one attached hydrogen (secondary N) is 1. The monoisotopic (exact) mass is 395 g/mol. The number of H-pyrrole nitrogens is 1. The number of aromatic nitrogens is 1. The minimum Gasteiger partial charge on any atom is -0.496 e. The third-order valence-corrected chi connectivity index (χ3v) is 4.31. The highest BCUT2D eigenvalue weighted by atomic mass is 127. The van der Waals surface area contributed by atoms with Crippen LogP contribution in [-0.2, 0) is 0 Å². The predicted molar refractivity (Wildman–Crippen MR) is 89.2 cm³/mol. The van der Waals surface area contributed by atoms with Crippen molar-refractivity contribution < 1.29 is 9.13 Å². The molecule has 1 N–H and O–H groups in total. The average Bonchev–Trinajstić information content (AvgIpc) is 2.51. The lowest BCUT2D eigenvalue weighted by atomic mass is 10.1. The molecule has 0 fully saturated rings. The molecule has 0 radical (unpaired) electrons.